The summed E-state index contributed by atoms with van der Waals surface area (Å²) in [6, 6.07) is 3.40. The molecular formula is C12H18N2O3. The first-order valence-corrected chi connectivity index (χ1v) is 5.46. The van der Waals surface area contributed by atoms with Crippen molar-refractivity contribution in [3.05, 3.63) is 24.0 Å². The third-order valence-electron chi connectivity index (χ3n) is 2.32. The Balaban J connectivity index is 3.23. The highest BCUT2D eigenvalue weighted by Gasteiger charge is 2.29. The van der Waals surface area contributed by atoms with E-state index < -0.39 is 11.6 Å². The maximum absolute atomic E-state index is 11.3. The molecule has 0 saturated heterocycles. The molecule has 1 aromatic rings. The van der Waals surface area contributed by atoms with Crippen molar-refractivity contribution in [1.29, 1.82) is 0 Å². The summed E-state index contributed by atoms with van der Waals surface area (Å²) in [6.07, 6.45) is 0.914. The quantitative estimate of drug-likeness (QED) is 0.843. The minimum Gasteiger partial charge on any atom is -0.465 e. The van der Waals surface area contributed by atoms with Crippen molar-refractivity contribution >= 4 is 11.8 Å². The fourth-order valence-electron chi connectivity index (χ4n) is 1.68. The molecule has 0 bridgehead atoms. The van der Waals surface area contributed by atoms with Gasteiger partial charge in [0, 0.05) is 24.8 Å². The number of anilines is 1. The van der Waals surface area contributed by atoms with Crippen LogP contribution in [0.25, 0.3) is 0 Å². The number of pyridine rings is 1. The lowest BCUT2D eigenvalue weighted by Gasteiger charge is -2.34. The molecule has 5 heteroatoms. The number of aliphatic hydroxyl groups excluding tert-OH is 1. The lowest BCUT2D eigenvalue weighted by Crippen LogP contribution is -2.45. The predicted octanol–water partition coefficient (Wildman–Crippen LogP) is 1.90. The van der Waals surface area contributed by atoms with E-state index in [-0.39, 0.29) is 6.61 Å². The van der Waals surface area contributed by atoms with Crippen LogP contribution in [-0.4, -0.2) is 33.4 Å². The number of amides is 1. The lowest BCUT2D eigenvalue weighted by molar-refractivity contribution is 0.195. The number of carbonyl (C=O) groups is 1. The van der Waals surface area contributed by atoms with E-state index in [0.717, 1.165) is 0 Å². The molecule has 0 unspecified atom stereocenters. The average molecular weight is 238 g/mol. The van der Waals surface area contributed by atoms with Gasteiger partial charge in [0.2, 0.25) is 0 Å². The summed E-state index contributed by atoms with van der Waals surface area (Å²) in [5, 5.41) is 18.3. The van der Waals surface area contributed by atoms with Gasteiger partial charge in [-0.25, -0.2) is 4.79 Å². The maximum atomic E-state index is 11.3. The molecule has 1 rings (SSSR count). The van der Waals surface area contributed by atoms with Crippen molar-refractivity contribution in [2.24, 2.45) is 0 Å². The number of rotatable bonds is 3. The first-order valence-electron chi connectivity index (χ1n) is 5.46. The largest absolute Gasteiger partial charge is 0.465 e. The van der Waals surface area contributed by atoms with Crippen molar-refractivity contribution in [2.45, 2.75) is 32.7 Å². The second-order valence-corrected chi connectivity index (χ2v) is 4.73. The van der Waals surface area contributed by atoms with Crippen LogP contribution in [0, 0.1) is 0 Å². The van der Waals surface area contributed by atoms with Crippen molar-refractivity contribution < 1.29 is 15.0 Å². The molecular weight excluding hydrogens is 220 g/mol. The van der Waals surface area contributed by atoms with Crippen LogP contribution in [0.15, 0.2) is 18.3 Å². The zero-order valence-corrected chi connectivity index (χ0v) is 10.3. The number of hydrogen-bond acceptors (Lipinski definition) is 3. The van der Waals surface area contributed by atoms with Crippen LogP contribution in [0.4, 0.5) is 10.5 Å². The molecule has 1 aromatic heterocycles. The van der Waals surface area contributed by atoms with Crippen LogP contribution in [0.1, 0.15) is 26.5 Å². The van der Waals surface area contributed by atoms with Gasteiger partial charge < -0.3 is 10.2 Å². The van der Waals surface area contributed by atoms with E-state index in [1.807, 2.05) is 20.8 Å². The molecule has 0 aliphatic rings. The number of aliphatic hydroxyl groups is 1. The van der Waals surface area contributed by atoms with Gasteiger partial charge in [0.15, 0.2) is 0 Å². The topological polar surface area (TPSA) is 73.7 Å². The summed E-state index contributed by atoms with van der Waals surface area (Å²) in [7, 11) is 0. The van der Waals surface area contributed by atoms with E-state index in [9.17, 15) is 9.90 Å². The van der Waals surface area contributed by atoms with Gasteiger partial charge in [-0.2, -0.15) is 0 Å². The lowest BCUT2D eigenvalue weighted by atomic mass is 10.0. The van der Waals surface area contributed by atoms with Crippen LogP contribution < -0.4 is 4.90 Å². The number of hydrogen-bond donors (Lipinski definition) is 2. The highest BCUT2D eigenvalue weighted by molar-refractivity contribution is 5.88. The van der Waals surface area contributed by atoms with E-state index in [1.165, 1.54) is 4.90 Å². The Bertz CT molecular complexity index is 399. The zero-order valence-electron chi connectivity index (χ0n) is 10.3. The summed E-state index contributed by atoms with van der Waals surface area (Å²) in [6.45, 7) is 5.39. The maximum Gasteiger partial charge on any atom is 0.412 e. The smallest absolute Gasteiger partial charge is 0.412 e. The van der Waals surface area contributed by atoms with E-state index in [1.54, 1.807) is 18.3 Å². The molecule has 0 fully saturated rings. The standard InChI is InChI=1S/C12H18N2O3/c1-12(2,3)14(11(16)17)10-5-4-7-13-9(10)6-8-15/h4-5,7,15H,6,8H2,1-3H3,(H,16,17). The first-order chi connectivity index (χ1) is 7.88. The molecule has 0 aromatic carbocycles. The Hall–Kier alpha value is -1.62. The molecule has 0 aliphatic carbocycles. The molecule has 1 amide bonds. The van der Waals surface area contributed by atoms with Crippen LogP contribution in [0.2, 0.25) is 0 Å². The molecule has 0 radical (unpaired) electrons. The van der Waals surface area contributed by atoms with Gasteiger partial charge in [-0.1, -0.05) is 0 Å². The number of carboxylic acid groups (broad SMARTS) is 1. The minimum absolute atomic E-state index is 0.0540. The Labute approximate surface area is 101 Å². The highest BCUT2D eigenvalue weighted by atomic mass is 16.4. The Morgan fingerprint density at radius 1 is 1.47 bits per heavy atom. The summed E-state index contributed by atoms with van der Waals surface area (Å²) in [5.41, 5.74) is 0.563. The number of nitrogens with zero attached hydrogens (tertiary/aromatic N) is 2. The molecule has 2 N–H and O–H groups in total. The van der Waals surface area contributed by atoms with Gasteiger partial charge in [-0.05, 0) is 32.9 Å². The zero-order chi connectivity index (χ0) is 13.1. The Kier molecular flexibility index (Phi) is 4.07. The minimum atomic E-state index is -1.02. The third-order valence-corrected chi connectivity index (χ3v) is 2.32. The summed E-state index contributed by atoms with van der Waals surface area (Å²) in [5.74, 6) is 0. The molecule has 0 aliphatic heterocycles. The van der Waals surface area contributed by atoms with E-state index in [0.29, 0.717) is 17.8 Å². The molecule has 17 heavy (non-hydrogen) atoms. The van der Waals surface area contributed by atoms with Crippen molar-refractivity contribution in [2.75, 3.05) is 11.5 Å². The van der Waals surface area contributed by atoms with Crippen LogP contribution >= 0.6 is 0 Å². The van der Waals surface area contributed by atoms with Crippen molar-refractivity contribution in [3.8, 4) is 0 Å². The molecule has 0 atom stereocenters. The Morgan fingerprint density at radius 3 is 2.59 bits per heavy atom. The SMILES string of the molecule is CC(C)(C)N(C(=O)O)c1cccnc1CCO. The van der Waals surface area contributed by atoms with Gasteiger partial charge in [-0.15, -0.1) is 0 Å². The normalized spacial score (nSPS) is 11.3. The Morgan fingerprint density at radius 2 is 2.12 bits per heavy atom. The van der Waals surface area contributed by atoms with Gasteiger partial charge in [0.05, 0.1) is 11.4 Å². The van der Waals surface area contributed by atoms with Crippen LogP contribution in [0.5, 0.6) is 0 Å². The van der Waals surface area contributed by atoms with Crippen LogP contribution in [-0.2, 0) is 6.42 Å². The van der Waals surface area contributed by atoms with Gasteiger partial charge in [-0.3, -0.25) is 9.88 Å². The fourth-order valence-corrected chi connectivity index (χ4v) is 1.68. The van der Waals surface area contributed by atoms with E-state index in [2.05, 4.69) is 4.98 Å². The third kappa shape index (κ3) is 3.17. The monoisotopic (exact) mass is 238 g/mol. The molecule has 0 spiro atoms. The number of aromatic nitrogens is 1. The fraction of sp³-hybridized carbons (Fsp3) is 0.500. The second-order valence-electron chi connectivity index (χ2n) is 4.73. The average Bonchev–Trinajstić information content (AvgIpc) is 2.18. The first kappa shape index (κ1) is 13.4. The predicted molar refractivity (Wildman–Crippen MR) is 65.3 cm³/mol. The summed E-state index contributed by atoms with van der Waals surface area (Å²) >= 11 is 0. The van der Waals surface area contributed by atoms with Gasteiger partial charge in [0.1, 0.15) is 0 Å². The summed E-state index contributed by atoms with van der Waals surface area (Å²) < 4.78 is 0. The van der Waals surface area contributed by atoms with Crippen molar-refractivity contribution in [1.82, 2.24) is 4.98 Å². The van der Waals surface area contributed by atoms with Crippen LogP contribution in [0.3, 0.4) is 0 Å². The summed E-state index contributed by atoms with van der Waals surface area (Å²) in [4.78, 5) is 16.7. The molecule has 0 saturated carbocycles. The highest BCUT2D eigenvalue weighted by Crippen LogP contribution is 2.26. The van der Waals surface area contributed by atoms with Crippen molar-refractivity contribution in [3.63, 3.8) is 0 Å². The van der Waals surface area contributed by atoms with Gasteiger partial charge in [0.25, 0.3) is 0 Å². The second kappa shape index (κ2) is 5.14. The van der Waals surface area contributed by atoms with E-state index in [4.69, 9.17) is 5.11 Å². The molecule has 94 valence electrons. The molecule has 5 nitrogen and oxygen atoms in total. The molecule has 1 heterocycles. The van der Waals surface area contributed by atoms with E-state index >= 15 is 0 Å². The van der Waals surface area contributed by atoms with Gasteiger partial charge >= 0.3 is 6.09 Å².